The van der Waals surface area contributed by atoms with Crippen LogP contribution in [0, 0.1) is 5.92 Å². The average Bonchev–Trinajstić information content (AvgIpc) is 1.89. The first-order valence-electron chi connectivity index (χ1n) is 3.36. The number of nitrogens with two attached hydrogens (primary N) is 1. The number of aliphatic hydroxyl groups excluding tert-OH is 1. The number of piperidine rings is 1. The van der Waals surface area contributed by atoms with Gasteiger partial charge in [-0.25, -0.2) is 5.32 Å². The van der Waals surface area contributed by atoms with E-state index in [-0.39, 0.29) is 12.0 Å². The first-order valence-corrected chi connectivity index (χ1v) is 3.36. The number of nitrogens with zero attached hydrogens (tertiary/aromatic N) is 1. The highest BCUT2D eigenvalue weighted by Crippen LogP contribution is 2.09. The van der Waals surface area contributed by atoms with E-state index in [0.29, 0.717) is 6.54 Å². The molecule has 1 rings (SSSR count). The highest BCUT2D eigenvalue weighted by atomic mass is 16.3. The van der Waals surface area contributed by atoms with Gasteiger partial charge >= 0.3 is 0 Å². The van der Waals surface area contributed by atoms with Crippen LogP contribution in [0.1, 0.15) is 6.42 Å². The van der Waals surface area contributed by atoms with Gasteiger partial charge in [0.05, 0.1) is 6.10 Å². The highest BCUT2D eigenvalue weighted by Gasteiger charge is 2.21. The molecule has 53 valence electrons. The lowest BCUT2D eigenvalue weighted by Gasteiger charge is -2.25. The van der Waals surface area contributed by atoms with Gasteiger partial charge in [0, 0.05) is 19.0 Å². The van der Waals surface area contributed by atoms with Gasteiger partial charge in [-0.3, -0.25) is 0 Å². The Morgan fingerprint density at radius 3 is 2.89 bits per heavy atom. The van der Waals surface area contributed by atoms with Crippen molar-refractivity contribution in [3.8, 4) is 0 Å². The largest absolute Gasteiger partial charge is 0.393 e. The van der Waals surface area contributed by atoms with Gasteiger partial charge in [-0.2, -0.15) is 0 Å². The Balaban J connectivity index is 2.30. The van der Waals surface area contributed by atoms with Crippen molar-refractivity contribution in [2.45, 2.75) is 12.5 Å². The van der Waals surface area contributed by atoms with Crippen molar-refractivity contribution in [3.63, 3.8) is 0 Å². The second kappa shape index (κ2) is 3.15. The SMILES string of the molecule is NCC1C[N]CCC1O. The second-order valence-electron chi connectivity index (χ2n) is 2.48. The molecule has 0 saturated carbocycles. The first-order chi connectivity index (χ1) is 4.34. The monoisotopic (exact) mass is 129 g/mol. The molecule has 1 saturated heterocycles. The lowest BCUT2D eigenvalue weighted by molar-refractivity contribution is 0.0820. The van der Waals surface area contributed by atoms with E-state index >= 15 is 0 Å². The summed E-state index contributed by atoms with van der Waals surface area (Å²) in [6.07, 6.45) is 0.592. The topological polar surface area (TPSA) is 60.4 Å². The molecule has 1 fully saturated rings. The fraction of sp³-hybridized carbons (Fsp3) is 1.00. The standard InChI is InChI=1S/C6H13N2O/c7-3-5-4-8-2-1-6(5)9/h5-6,9H,1-4,7H2. The molecule has 0 bridgehead atoms. The number of aliphatic hydroxyl groups is 1. The average molecular weight is 129 g/mol. The van der Waals surface area contributed by atoms with Crippen LogP contribution >= 0.6 is 0 Å². The number of hydrogen-bond acceptors (Lipinski definition) is 2. The van der Waals surface area contributed by atoms with Crippen molar-refractivity contribution in [2.24, 2.45) is 11.7 Å². The summed E-state index contributed by atoms with van der Waals surface area (Å²) < 4.78 is 0. The van der Waals surface area contributed by atoms with E-state index in [9.17, 15) is 5.11 Å². The second-order valence-corrected chi connectivity index (χ2v) is 2.48. The summed E-state index contributed by atoms with van der Waals surface area (Å²) in [6, 6.07) is 0. The molecule has 0 aromatic carbocycles. The van der Waals surface area contributed by atoms with Crippen molar-refractivity contribution in [1.29, 1.82) is 0 Å². The Morgan fingerprint density at radius 1 is 1.67 bits per heavy atom. The molecule has 0 amide bonds. The Kier molecular flexibility index (Phi) is 2.45. The maximum Gasteiger partial charge on any atom is 0.0606 e. The Hall–Kier alpha value is -0.120. The minimum Gasteiger partial charge on any atom is -0.393 e. The summed E-state index contributed by atoms with van der Waals surface area (Å²) in [6.45, 7) is 2.11. The molecule has 0 aromatic heterocycles. The fourth-order valence-electron chi connectivity index (χ4n) is 1.07. The molecule has 1 aliphatic heterocycles. The van der Waals surface area contributed by atoms with Crippen molar-refractivity contribution in [1.82, 2.24) is 5.32 Å². The van der Waals surface area contributed by atoms with E-state index in [1.807, 2.05) is 0 Å². The molecule has 3 N–H and O–H groups in total. The summed E-state index contributed by atoms with van der Waals surface area (Å²) in [4.78, 5) is 0. The lowest BCUT2D eigenvalue weighted by Crippen LogP contribution is -2.40. The zero-order chi connectivity index (χ0) is 6.69. The van der Waals surface area contributed by atoms with Gasteiger partial charge in [-0.05, 0) is 13.0 Å². The molecular formula is C6H13N2O. The minimum absolute atomic E-state index is 0.201. The van der Waals surface area contributed by atoms with Crippen LogP contribution in [0.2, 0.25) is 0 Å². The van der Waals surface area contributed by atoms with Crippen LogP contribution in [-0.2, 0) is 0 Å². The van der Waals surface area contributed by atoms with E-state index < -0.39 is 0 Å². The van der Waals surface area contributed by atoms with Crippen LogP contribution < -0.4 is 11.1 Å². The quantitative estimate of drug-likeness (QED) is 0.473. The van der Waals surface area contributed by atoms with Crippen molar-refractivity contribution in [2.75, 3.05) is 19.6 Å². The number of hydrogen-bond donors (Lipinski definition) is 2. The normalized spacial score (nSPS) is 36.7. The third kappa shape index (κ3) is 1.64. The molecule has 2 atom stereocenters. The first kappa shape index (κ1) is 6.99. The smallest absolute Gasteiger partial charge is 0.0606 e. The maximum absolute atomic E-state index is 9.23. The van der Waals surface area contributed by atoms with Crippen LogP contribution in [-0.4, -0.2) is 30.8 Å². The summed E-state index contributed by atoms with van der Waals surface area (Å²) in [5.41, 5.74) is 5.37. The predicted molar refractivity (Wildman–Crippen MR) is 35.0 cm³/mol. The van der Waals surface area contributed by atoms with Crippen LogP contribution in [0.5, 0.6) is 0 Å². The van der Waals surface area contributed by atoms with E-state index in [0.717, 1.165) is 19.5 Å². The van der Waals surface area contributed by atoms with Crippen LogP contribution in [0.25, 0.3) is 0 Å². The molecule has 0 aromatic rings. The third-order valence-corrected chi connectivity index (χ3v) is 1.79. The van der Waals surface area contributed by atoms with Gasteiger partial charge in [0.1, 0.15) is 0 Å². The molecule has 3 heteroatoms. The van der Waals surface area contributed by atoms with Crippen LogP contribution in [0.4, 0.5) is 0 Å². The van der Waals surface area contributed by atoms with E-state index in [1.54, 1.807) is 0 Å². The molecule has 2 unspecified atom stereocenters. The molecule has 1 heterocycles. The molecule has 0 spiro atoms. The molecule has 1 aliphatic rings. The minimum atomic E-state index is -0.201. The zero-order valence-electron chi connectivity index (χ0n) is 5.45. The predicted octanol–water partition coefficient (Wildman–Crippen LogP) is -1.07. The molecule has 3 nitrogen and oxygen atoms in total. The summed E-state index contributed by atoms with van der Waals surface area (Å²) in [5.74, 6) is 0.221. The van der Waals surface area contributed by atoms with E-state index in [1.165, 1.54) is 0 Å². The van der Waals surface area contributed by atoms with Gasteiger partial charge in [0.15, 0.2) is 0 Å². The van der Waals surface area contributed by atoms with Gasteiger partial charge < -0.3 is 10.8 Å². The third-order valence-electron chi connectivity index (χ3n) is 1.79. The van der Waals surface area contributed by atoms with Gasteiger partial charge in [0.2, 0.25) is 0 Å². The zero-order valence-corrected chi connectivity index (χ0v) is 5.45. The summed E-state index contributed by atoms with van der Waals surface area (Å²) in [7, 11) is 0. The maximum atomic E-state index is 9.23. The van der Waals surface area contributed by atoms with Gasteiger partial charge in [0.25, 0.3) is 0 Å². The van der Waals surface area contributed by atoms with Crippen LogP contribution in [0.15, 0.2) is 0 Å². The summed E-state index contributed by atoms with van der Waals surface area (Å²) in [5, 5.41) is 13.4. The Bertz CT molecular complexity index is 87.1. The van der Waals surface area contributed by atoms with Crippen molar-refractivity contribution in [3.05, 3.63) is 0 Å². The Morgan fingerprint density at radius 2 is 2.44 bits per heavy atom. The van der Waals surface area contributed by atoms with E-state index in [4.69, 9.17) is 5.73 Å². The van der Waals surface area contributed by atoms with Gasteiger partial charge in [-0.15, -0.1) is 0 Å². The highest BCUT2D eigenvalue weighted by molar-refractivity contribution is 4.76. The number of rotatable bonds is 1. The Labute approximate surface area is 55.2 Å². The molecule has 9 heavy (non-hydrogen) atoms. The van der Waals surface area contributed by atoms with Gasteiger partial charge in [-0.1, -0.05) is 0 Å². The van der Waals surface area contributed by atoms with Crippen LogP contribution in [0.3, 0.4) is 0 Å². The van der Waals surface area contributed by atoms with Crippen molar-refractivity contribution >= 4 is 0 Å². The lowest BCUT2D eigenvalue weighted by atomic mass is 9.97. The molecule has 0 aliphatic carbocycles. The molecule has 1 radical (unpaired) electrons. The van der Waals surface area contributed by atoms with Crippen molar-refractivity contribution < 1.29 is 5.11 Å². The van der Waals surface area contributed by atoms with E-state index in [2.05, 4.69) is 5.32 Å². The summed E-state index contributed by atoms with van der Waals surface area (Å²) >= 11 is 0. The fourth-order valence-corrected chi connectivity index (χ4v) is 1.07. The molecular weight excluding hydrogens is 116 g/mol.